The summed E-state index contributed by atoms with van der Waals surface area (Å²) in [6.45, 7) is 8.56. The molecule has 26 heavy (non-hydrogen) atoms. The molecule has 0 bridgehead atoms. The van der Waals surface area contributed by atoms with E-state index in [1.165, 1.54) is 64.5 Å². The second-order valence-electron chi connectivity index (χ2n) is 8.47. The number of hydrogen-bond acceptors (Lipinski definition) is 3. The molecule has 0 amide bonds. The van der Waals surface area contributed by atoms with E-state index >= 15 is 0 Å². The minimum absolute atomic E-state index is 0. The molecule has 0 radical (unpaired) electrons. The first kappa shape index (κ1) is 20.6. The summed E-state index contributed by atoms with van der Waals surface area (Å²) in [5, 5.41) is 7.32. The lowest BCUT2D eigenvalue weighted by Crippen LogP contribution is -2.69. The van der Waals surface area contributed by atoms with Crippen molar-refractivity contribution in [2.45, 2.75) is 70.4 Å². The summed E-state index contributed by atoms with van der Waals surface area (Å²) in [4.78, 5) is 7.48. The number of halogens is 1. The summed E-state index contributed by atoms with van der Waals surface area (Å²) in [7, 11) is 0. The Hall–Kier alpha value is -0.0800. The van der Waals surface area contributed by atoms with Crippen LogP contribution in [0.5, 0.6) is 0 Å². The van der Waals surface area contributed by atoms with Gasteiger partial charge in [0.1, 0.15) is 0 Å². The van der Waals surface area contributed by atoms with Gasteiger partial charge >= 0.3 is 0 Å². The Labute approximate surface area is 176 Å². The number of hydrogen-bond donors (Lipinski definition) is 2. The van der Waals surface area contributed by atoms with Crippen molar-refractivity contribution in [2.75, 3.05) is 39.3 Å². The third kappa shape index (κ3) is 4.02. The van der Waals surface area contributed by atoms with Gasteiger partial charge in [-0.1, -0.05) is 19.3 Å². The van der Waals surface area contributed by atoms with Crippen LogP contribution in [0.1, 0.15) is 58.3 Å². The number of piperidine rings is 1. The molecule has 4 aliphatic rings. The molecule has 3 unspecified atom stereocenters. The Bertz CT molecular complexity index is 474. The molecule has 0 aromatic carbocycles. The van der Waals surface area contributed by atoms with E-state index in [1.807, 2.05) is 0 Å². The molecule has 0 aromatic heterocycles. The molecule has 4 rings (SSSR count). The zero-order chi connectivity index (χ0) is 17.1. The van der Waals surface area contributed by atoms with Crippen LogP contribution in [0.3, 0.4) is 0 Å². The molecule has 150 valence electrons. The molecule has 6 heteroatoms. The van der Waals surface area contributed by atoms with Crippen LogP contribution < -0.4 is 10.6 Å². The first-order valence-electron chi connectivity index (χ1n) is 10.7. The Morgan fingerprint density at radius 1 is 1.15 bits per heavy atom. The second-order valence-corrected chi connectivity index (χ2v) is 8.47. The minimum Gasteiger partial charge on any atom is -0.377 e. The van der Waals surface area contributed by atoms with E-state index in [1.54, 1.807) is 0 Å². The van der Waals surface area contributed by atoms with E-state index in [4.69, 9.17) is 9.73 Å². The van der Waals surface area contributed by atoms with E-state index in [0.717, 1.165) is 32.2 Å². The molecule has 4 fully saturated rings. The predicted octanol–water partition coefficient (Wildman–Crippen LogP) is 2.99. The first-order chi connectivity index (χ1) is 12.3. The van der Waals surface area contributed by atoms with Gasteiger partial charge in [-0.3, -0.25) is 4.99 Å². The highest BCUT2D eigenvalue weighted by Crippen LogP contribution is 2.60. The van der Waals surface area contributed by atoms with Crippen LogP contribution >= 0.6 is 24.0 Å². The topological polar surface area (TPSA) is 48.9 Å². The average molecular weight is 476 g/mol. The van der Waals surface area contributed by atoms with Gasteiger partial charge in [0.05, 0.1) is 12.6 Å². The number of ether oxygens (including phenoxy) is 1. The van der Waals surface area contributed by atoms with Crippen molar-refractivity contribution in [3.8, 4) is 0 Å². The number of likely N-dealkylation sites (tertiary alicyclic amines) is 1. The lowest BCUT2D eigenvalue weighted by atomic mass is 9.54. The van der Waals surface area contributed by atoms with Gasteiger partial charge in [-0.2, -0.15) is 0 Å². The Morgan fingerprint density at radius 3 is 2.65 bits per heavy atom. The minimum atomic E-state index is 0. The van der Waals surface area contributed by atoms with Crippen molar-refractivity contribution in [2.24, 2.45) is 16.3 Å². The van der Waals surface area contributed by atoms with E-state index in [2.05, 4.69) is 22.5 Å². The normalized spacial score (nSPS) is 33.4. The van der Waals surface area contributed by atoms with Crippen molar-refractivity contribution in [1.29, 1.82) is 0 Å². The molecule has 2 heterocycles. The molecule has 2 aliphatic carbocycles. The molecule has 2 aliphatic heterocycles. The highest BCUT2D eigenvalue weighted by molar-refractivity contribution is 14.0. The first-order valence-corrected chi connectivity index (χ1v) is 10.7. The van der Waals surface area contributed by atoms with Gasteiger partial charge in [0.25, 0.3) is 0 Å². The Balaban J connectivity index is 0.00000196. The van der Waals surface area contributed by atoms with Gasteiger partial charge in [0.2, 0.25) is 0 Å². The number of aliphatic imine (C=N–C) groups is 1. The predicted molar refractivity (Wildman–Crippen MR) is 117 cm³/mol. The molecule has 1 spiro atoms. The fourth-order valence-corrected chi connectivity index (χ4v) is 5.86. The largest absolute Gasteiger partial charge is 0.377 e. The smallest absolute Gasteiger partial charge is 0.191 e. The van der Waals surface area contributed by atoms with E-state index in [-0.39, 0.29) is 24.0 Å². The van der Waals surface area contributed by atoms with Crippen LogP contribution in [0, 0.1) is 11.3 Å². The summed E-state index contributed by atoms with van der Waals surface area (Å²) < 4.78 is 6.11. The molecule has 0 aromatic rings. The number of nitrogens with one attached hydrogen (secondary N) is 2. The zero-order valence-electron chi connectivity index (χ0n) is 16.3. The van der Waals surface area contributed by atoms with Gasteiger partial charge < -0.3 is 20.3 Å². The van der Waals surface area contributed by atoms with Crippen molar-refractivity contribution in [3.05, 3.63) is 0 Å². The van der Waals surface area contributed by atoms with Gasteiger partial charge in [-0.25, -0.2) is 0 Å². The van der Waals surface area contributed by atoms with E-state index in [0.29, 0.717) is 23.5 Å². The molecule has 5 nitrogen and oxygen atoms in total. The van der Waals surface area contributed by atoms with Gasteiger partial charge in [0.15, 0.2) is 5.96 Å². The summed E-state index contributed by atoms with van der Waals surface area (Å²) in [5.74, 6) is 1.73. The zero-order valence-corrected chi connectivity index (χ0v) is 18.7. The monoisotopic (exact) mass is 476 g/mol. The van der Waals surface area contributed by atoms with Crippen LogP contribution in [-0.2, 0) is 4.74 Å². The van der Waals surface area contributed by atoms with Crippen LogP contribution in [0.25, 0.3) is 0 Å². The van der Waals surface area contributed by atoms with E-state index < -0.39 is 0 Å². The summed E-state index contributed by atoms with van der Waals surface area (Å²) in [6.07, 6.45) is 11.3. The van der Waals surface area contributed by atoms with Gasteiger partial charge in [-0.05, 0) is 52.1 Å². The Morgan fingerprint density at radius 2 is 1.92 bits per heavy atom. The molecule has 2 saturated carbocycles. The van der Waals surface area contributed by atoms with Crippen LogP contribution in [-0.4, -0.2) is 62.3 Å². The third-order valence-electron chi connectivity index (χ3n) is 7.06. The molecule has 3 atom stereocenters. The summed E-state index contributed by atoms with van der Waals surface area (Å²) >= 11 is 0. The highest BCUT2D eigenvalue weighted by atomic mass is 127. The van der Waals surface area contributed by atoms with Crippen LogP contribution in [0.2, 0.25) is 0 Å². The lowest BCUT2D eigenvalue weighted by Gasteiger charge is -2.57. The Kier molecular flexibility index (Phi) is 7.48. The van der Waals surface area contributed by atoms with Crippen molar-refractivity contribution in [3.63, 3.8) is 0 Å². The van der Waals surface area contributed by atoms with Gasteiger partial charge in [0, 0.05) is 37.1 Å². The third-order valence-corrected chi connectivity index (χ3v) is 7.06. The van der Waals surface area contributed by atoms with Crippen LogP contribution in [0.4, 0.5) is 0 Å². The maximum absolute atomic E-state index is 6.11. The van der Waals surface area contributed by atoms with Gasteiger partial charge in [-0.15, -0.1) is 24.0 Å². The lowest BCUT2D eigenvalue weighted by molar-refractivity contribution is -0.125. The number of guanidine groups is 1. The van der Waals surface area contributed by atoms with E-state index in [9.17, 15) is 0 Å². The summed E-state index contributed by atoms with van der Waals surface area (Å²) in [6, 6.07) is 0.565. The SMILES string of the molecule is CCNC(=NCCN1CCCCC1)NC1C2CCOC2C12CCCC2.I. The number of nitrogens with zero attached hydrogens (tertiary/aromatic N) is 2. The molecule has 2 N–H and O–H groups in total. The van der Waals surface area contributed by atoms with Crippen molar-refractivity contribution < 1.29 is 4.74 Å². The molecule has 2 saturated heterocycles. The highest BCUT2D eigenvalue weighted by Gasteiger charge is 2.65. The quantitative estimate of drug-likeness (QED) is 0.364. The maximum Gasteiger partial charge on any atom is 0.191 e. The fourth-order valence-electron chi connectivity index (χ4n) is 5.86. The second kappa shape index (κ2) is 9.41. The number of rotatable bonds is 5. The number of fused-ring (bicyclic) bond motifs is 2. The standard InChI is InChI=1S/C20H36N4O.HI/c1-2-21-19(22-11-14-24-12-6-3-7-13-24)23-17-16-8-15-25-18(16)20(17)9-4-5-10-20;/h16-18H,2-15H2,1H3,(H2,21,22,23);1H. The molecular formula is C20H37IN4O. The average Bonchev–Trinajstić information content (AvgIpc) is 3.29. The van der Waals surface area contributed by atoms with Crippen molar-refractivity contribution in [1.82, 2.24) is 15.5 Å². The summed E-state index contributed by atoms with van der Waals surface area (Å²) in [5.41, 5.74) is 0.393. The van der Waals surface area contributed by atoms with Crippen LogP contribution in [0.15, 0.2) is 4.99 Å². The maximum atomic E-state index is 6.11. The fraction of sp³-hybridized carbons (Fsp3) is 0.950. The molecular weight excluding hydrogens is 439 g/mol. The van der Waals surface area contributed by atoms with Crippen molar-refractivity contribution >= 4 is 29.9 Å².